The Morgan fingerprint density at radius 3 is 2.55 bits per heavy atom. The summed E-state index contributed by atoms with van der Waals surface area (Å²) in [7, 11) is 1.54. The van der Waals surface area contributed by atoms with Crippen molar-refractivity contribution in [2.75, 3.05) is 12.4 Å². The van der Waals surface area contributed by atoms with Gasteiger partial charge in [0.05, 0.1) is 12.8 Å². The first-order valence-corrected chi connectivity index (χ1v) is 9.54. The Hall–Kier alpha value is -4.11. The molecule has 0 aromatic heterocycles. The standard InChI is InChI=1S/C25H21FN2O3/c1-17-7-9-18(10-8-17)16-31-24-14-21(30-2)12-11-19(24)13-20(15-27)25(29)28-23-6-4-3-5-22(23)26/h3-14H,16H2,1-2H3,(H,28,29)/b20-13+. The lowest BCUT2D eigenvalue weighted by Crippen LogP contribution is -2.14. The Labute approximate surface area is 180 Å². The van der Waals surface area contributed by atoms with Gasteiger partial charge in [0.2, 0.25) is 0 Å². The second-order valence-electron chi connectivity index (χ2n) is 6.78. The van der Waals surface area contributed by atoms with E-state index in [-0.39, 0.29) is 11.3 Å². The average molecular weight is 416 g/mol. The molecule has 5 nitrogen and oxygen atoms in total. The molecule has 0 heterocycles. The average Bonchev–Trinajstić information content (AvgIpc) is 2.79. The molecule has 0 bridgehead atoms. The SMILES string of the molecule is COc1ccc(/C=C(\C#N)C(=O)Nc2ccccc2F)c(OCc2ccc(C)cc2)c1. The fourth-order valence-electron chi connectivity index (χ4n) is 2.79. The number of hydrogen-bond donors (Lipinski definition) is 1. The second kappa shape index (κ2) is 10.1. The number of aryl methyl sites for hydroxylation is 1. The summed E-state index contributed by atoms with van der Waals surface area (Å²) < 4.78 is 25.0. The summed E-state index contributed by atoms with van der Waals surface area (Å²) >= 11 is 0. The van der Waals surface area contributed by atoms with Crippen molar-refractivity contribution in [2.45, 2.75) is 13.5 Å². The third kappa shape index (κ3) is 5.71. The monoisotopic (exact) mass is 416 g/mol. The maximum absolute atomic E-state index is 13.8. The zero-order valence-corrected chi connectivity index (χ0v) is 17.2. The van der Waals surface area contributed by atoms with Crippen LogP contribution in [0.4, 0.5) is 10.1 Å². The van der Waals surface area contributed by atoms with Gasteiger partial charge >= 0.3 is 0 Å². The molecule has 0 spiro atoms. The number of para-hydroxylation sites is 1. The topological polar surface area (TPSA) is 71.3 Å². The minimum atomic E-state index is -0.715. The summed E-state index contributed by atoms with van der Waals surface area (Å²) in [4.78, 5) is 12.5. The first kappa shape index (κ1) is 21.6. The summed E-state index contributed by atoms with van der Waals surface area (Å²) in [6, 6.07) is 20.6. The third-order valence-corrected chi connectivity index (χ3v) is 4.52. The smallest absolute Gasteiger partial charge is 0.266 e. The van der Waals surface area contributed by atoms with Crippen LogP contribution in [-0.4, -0.2) is 13.0 Å². The molecular formula is C25H21FN2O3. The Morgan fingerprint density at radius 1 is 1.13 bits per heavy atom. The molecule has 1 amide bonds. The number of halogens is 1. The molecule has 0 unspecified atom stereocenters. The van der Waals surface area contributed by atoms with Gasteiger partial charge in [-0.3, -0.25) is 4.79 Å². The van der Waals surface area contributed by atoms with E-state index in [0.717, 1.165) is 11.1 Å². The van der Waals surface area contributed by atoms with Crippen molar-refractivity contribution in [2.24, 2.45) is 0 Å². The number of nitrogens with one attached hydrogen (secondary N) is 1. The van der Waals surface area contributed by atoms with Crippen LogP contribution < -0.4 is 14.8 Å². The summed E-state index contributed by atoms with van der Waals surface area (Å²) in [6.07, 6.45) is 1.40. The molecule has 0 aliphatic heterocycles. The summed E-state index contributed by atoms with van der Waals surface area (Å²) in [5, 5.41) is 11.9. The van der Waals surface area contributed by atoms with Gasteiger partial charge in [-0.1, -0.05) is 42.0 Å². The molecule has 3 aromatic rings. The number of nitrogens with zero attached hydrogens (tertiary/aromatic N) is 1. The van der Waals surface area contributed by atoms with Crippen molar-refractivity contribution in [1.29, 1.82) is 5.26 Å². The molecule has 1 N–H and O–H groups in total. The van der Waals surface area contributed by atoms with E-state index in [9.17, 15) is 14.4 Å². The summed E-state index contributed by atoms with van der Waals surface area (Å²) in [6.45, 7) is 2.31. The van der Waals surface area contributed by atoms with Crippen LogP contribution in [-0.2, 0) is 11.4 Å². The fraction of sp³-hybridized carbons (Fsp3) is 0.120. The molecule has 3 aromatic carbocycles. The number of ether oxygens (including phenoxy) is 2. The second-order valence-corrected chi connectivity index (χ2v) is 6.78. The van der Waals surface area contributed by atoms with Crippen LogP contribution in [0.1, 0.15) is 16.7 Å². The molecule has 0 aliphatic rings. The van der Waals surface area contributed by atoms with Crippen LogP contribution >= 0.6 is 0 Å². The Morgan fingerprint density at radius 2 is 1.87 bits per heavy atom. The Kier molecular flexibility index (Phi) is 7.02. The summed E-state index contributed by atoms with van der Waals surface area (Å²) in [5.41, 5.74) is 2.45. The van der Waals surface area contributed by atoms with E-state index in [4.69, 9.17) is 9.47 Å². The van der Waals surface area contributed by atoms with Crippen molar-refractivity contribution < 1.29 is 18.7 Å². The van der Waals surface area contributed by atoms with Crippen LogP contribution in [0, 0.1) is 24.1 Å². The van der Waals surface area contributed by atoms with Gasteiger partial charge in [0, 0.05) is 11.6 Å². The predicted molar refractivity (Wildman–Crippen MR) is 117 cm³/mol. The minimum Gasteiger partial charge on any atom is -0.497 e. The van der Waals surface area contributed by atoms with E-state index in [0.29, 0.717) is 23.7 Å². The maximum Gasteiger partial charge on any atom is 0.266 e. The highest BCUT2D eigenvalue weighted by molar-refractivity contribution is 6.09. The van der Waals surface area contributed by atoms with Gasteiger partial charge in [0.25, 0.3) is 5.91 Å². The van der Waals surface area contributed by atoms with Crippen LogP contribution in [0.3, 0.4) is 0 Å². The molecule has 31 heavy (non-hydrogen) atoms. The molecule has 0 aliphatic carbocycles. The highest BCUT2D eigenvalue weighted by Crippen LogP contribution is 2.28. The molecule has 0 radical (unpaired) electrons. The molecule has 3 rings (SSSR count). The van der Waals surface area contributed by atoms with Crippen LogP contribution in [0.25, 0.3) is 6.08 Å². The van der Waals surface area contributed by atoms with Gasteiger partial charge in [0.1, 0.15) is 35.6 Å². The van der Waals surface area contributed by atoms with Crippen molar-refractivity contribution >= 4 is 17.7 Å². The number of benzene rings is 3. The number of rotatable bonds is 7. The first-order chi connectivity index (χ1) is 15.0. The van der Waals surface area contributed by atoms with E-state index in [2.05, 4.69) is 5.32 Å². The molecular weight excluding hydrogens is 395 g/mol. The lowest BCUT2D eigenvalue weighted by Gasteiger charge is -2.12. The normalized spacial score (nSPS) is 10.8. The number of amides is 1. The molecule has 0 fully saturated rings. The first-order valence-electron chi connectivity index (χ1n) is 9.54. The van der Waals surface area contributed by atoms with Gasteiger partial charge < -0.3 is 14.8 Å². The molecule has 6 heteroatoms. The van der Waals surface area contributed by atoms with Crippen molar-refractivity contribution in [3.63, 3.8) is 0 Å². The number of anilines is 1. The zero-order chi connectivity index (χ0) is 22.2. The van der Waals surface area contributed by atoms with Crippen LogP contribution in [0.15, 0.2) is 72.3 Å². The number of hydrogen-bond acceptors (Lipinski definition) is 4. The highest BCUT2D eigenvalue weighted by Gasteiger charge is 2.14. The van der Waals surface area contributed by atoms with E-state index >= 15 is 0 Å². The van der Waals surface area contributed by atoms with Gasteiger partial charge in [-0.05, 0) is 42.8 Å². The van der Waals surface area contributed by atoms with E-state index in [1.165, 1.54) is 31.4 Å². The van der Waals surface area contributed by atoms with Crippen molar-refractivity contribution in [3.05, 3.63) is 94.8 Å². The number of carbonyl (C=O) groups excluding carboxylic acids is 1. The fourth-order valence-corrected chi connectivity index (χ4v) is 2.79. The lowest BCUT2D eigenvalue weighted by atomic mass is 10.1. The molecule has 0 atom stereocenters. The van der Waals surface area contributed by atoms with Gasteiger partial charge in [-0.25, -0.2) is 4.39 Å². The van der Waals surface area contributed by atoms with Gasteiger partial charge in [-0.15, -0.1) is 0 Å². The largest absolute Gasteiger partial charge is 0.497 e. The molecule has 0 saturated heterocycles. The van der Waals surface area contributed by atoms with Crippen LogP contribution in [0.5, 0.6) is 11.5 Å². The van der Waals surface area contributed by atoms with Gasteiger partial charge in [-0.2, -0.15) is 5.26 Å². The van der Waals surface area contributed by atoms with E-state index in [1.807, 2.05) is 37.3 Å². The quantitative estimate of drug-likeness (QED) is 0.421. The summed E-state index contributed by atoms with van der Waals surface area (Å²) in [5.74, 6) is -0.274. The maximum atomic E-state index is 13.8. The molecule has 156 valence electrons. The van der Waals surface area contributed by atoms with Gasteiger partial charge in [0.15, 0.2) is 0 Å². The lowest BCUT2D eigenvalue weighted by molar-refractivity contribution is -0.112. The number of methoxy groups -OCH3 is 1. The number of nitriles is 1. The number of carbonyl (C=O) groups is 1. The Bertz CT molecular complexity index is 1150. The molecule has 0 saturated carbocycles. The highest BCUT2D eigenvalue weighted by atomic mass is 19.1. The third-order valence-electron chi connectivity index (χ3n) is 4.52. The van der Waals surface area contributed by atoms with Crippen molar-refractivity contribution in [3.8, 4) is 17.6 Å². The Balaban J connectivity index is 1.86. The van der Waals surface area contributed by atoms with Crippen molar-refractivity contribution in [1.82, 2.24) is 0 Å². The zero-order valence-electron chi connectivity index (χ0n) is 17.2. The van der Waals surface area contributed by atoms with E-state index in [1.54, 1.807) is 24.3 Å². The predicted octanol–water partition coefficient (Wildman–Crippen LogP) is 5.27. The van der Waals surface area contributed by atoms with Crippen LogP contribution in [0.2, 0.25) is 0 Å². The van der Waals surface area contributed by atoms with E-state index < -0.39 is 11.7 Å². The minimum absolute atomic E-state index is 0.000717.